The average molecular weight is 502 g/mol. The highest BCUT2D eigenvalue weighted by Crippen LogP contribution is 2.31. The Morgan fingerprint density at radius 2 is 1.34 bits per heavy atom. The van der Waals surface area contributed by atoms with E-state index >= 15 is 0 Å². The third-order valence-electron chi connectivity index (χ3n) is 6.29. The number of fused-ring (bicyclic) bond motifs is 1. The second-order valence-corrected chi connectivity index (χ2v) is 9.21. The van der Waals surface area contributed by atoms with Crippen molar-refractivity contribution in [3.8, 4) is 22.5 Å². The lowest BCUT2D eigenvalue weighted by atomic mass is 10.0. The van der Waals surface area contributed by atoms with Crippen molar-refractivity contribution in [2.75, 3.05) is 5.32 Å². The first-order valence-electron chi connectivity index (χ1n) is 12.4. The number of hydrogen-bond acceptors (Lipinski definition) is 5. The number of hydrogen-bond donors (Lipinski definition) is 1. The molecule has 38 heavy (non-hydrogen) atoms. The van der Waals surface area contributed by atoms with Crippen molar-refractivity contribution in [2.24, 2.45) is 0 Å². The minimum Gasteiger partial charge on any atom is -0.449 e. The fourth-order valence-corrected chi connectivity index (χ4v) is 4.25. The predicted molar refractivity (Wildman–Crippen MR) is 150 cm³/mol. The summed E-state index contributed by atoms with van der Waals surface area (Å²) in [4.78, 5) is 35.4. The Labute approximate surface area is 221 Å². The predicted octanol–water partition coefficient (Wildman–Crippen LogP) is 6.76. The highest BCUT2D eigenvalue weighted by atomic mass is 16.5. The molecule has 1 aromatic heterocycles. The summed E-state index contributed by atoms with van der Waals surface area (Å²) in [6, 6.07) is 30.5. The molecule has 0 aliphatic carbocycles. The van der Waals surface area contributed by atoms with Crippen LogP contribution in [0.15, 0.2) is 97.1 Å². The number of rotatable bonds is 6. The van der Waals surface area contributed by atoms with E-state index in [1.165, 1.54) is 0 Å². The molecule has 5 aromatic rings. The van der Waals surface area contributed by atoms with Gasteiger partial charge in [-0.2, -0.15) is 0 Å². The molecule has 4 aromatic carbocycles. The fraction of sp³-hybridized carbons (Fsp3) is 0.125. The number of nitrogens with zero attached hydrogens (tertiary/aromatic N) is 2. The van der Waals surface area contributed by atoms with Crippen molar-refractivity contribution < 1.29 is 14.3 Å². The fourth-order valence-electron chi connectivity index (χ4n) is 4.25. The normalized spacial score (nSPS) is 11.7. The standard InChI is InChI=1S/C32H27N3O3/c1-20-14-16-26(21(2)18-20)35-31(36)22(3)38-32(37)25-15-17-27-28(19-25)34-30(24-12-8-5-9-13-24)29(33-27)23-10-6-4-7-11-23/h4-19,22H,1-3H3,(H,35,36). The third kappa shape index (κ3) is 5.30. The molecule has 0 radical (unpaired) electrons. The summed E-state index contributed by atoms with van der Waals surface area (Å²) in [5.41, 5.74) is 7.59. The van der Waals surface area contributed by atoms with Gasteiger partial charge in [-0.3, -0.25) is 4.79 Å². The van der Waals surface area contributed by atoms with E-state index in [1.807, 2.05) is 92.7 Å². The van der Waals surface area contributed by atoms with Crippen LogP contribution in [0, 0.1) is 13.8 Å². The molecule has 5 rings (SSSR count). The number of aromatic nitrogens is 2. The molecular weight excluding hydrogens is 474 g/mol. The van der Waals surface area contributed by atoms with Crippen LogP contribution in [-0.2, 0) is 9.53 Å². The second-order valence-electron chi connectivity index (χ2n) is 9.21. The van der Waals surface area contributed by atoms with E-state index in [9.17, 15) is 9.59 Å². The quantitative estimate of drug-likeness (QED) is 0.260. The van der Waals surface area contributed by atoms with Gasteiger partial charge in [0.15, 0.2) is 6.10 Å². The summed E-state index contributed by atoms with van der Waals surface area (Å²) >= 11 is 0. The maximum Gasteiger partial charge on any atom is 0.338 e. The minimum atomic E-state index is -0.981. The van der Waals surface area contributed by atoms with E-state index < -0.39 is 18.0 Å². The molecule has 1 amide bonds. The summed E-state index contributed by atoms with van der Waals surface area (Å²) < 4.78 is 5.49. The van der Waals surface area contributed by atoms with Crippen molar-refractivity contribution in [3.05, 3.63) is 114 Å². The zero-order chi connectivity index (χ0) is 26.6. The van der Waals surface area contributed by atoms with Gasteiger partial charge in [0.2, 0.25) is 0 Å². The van der Waals surface area contributed by atoms with Gasteiger partial charge in [0.25, 0.3) is 5.91 Å². The topological polar surface area (TPSA) is 81.2 Å². The lowest BCUT2D eigenvalue weighted by molar-refractivity contribution is -0.123. The molecule has 1 atom stereocenters. The maximum absolute atomic E-state index is 13.0. The molecule has 1 unspecified atom stereocenters. The molecule has 0 bridgehead atoms. The molecule has 0 aliphatic rings. The number of carbonyl (C=O) groups excluding carboxylic acids is 2. The molecule has 0 spiro atoms. The molecule has 0 saturated carbocycles. The molecule has 0 aliphatic heterocycles. The summed E-state index contributed by atoms with van der Waals surface area (Å²) in [7, 11) is 0. The molecule has 0 saturated heterocycles. The number of benzene rings is 4. The Morgan fingerprint density at radius 3 is 1.95 bits per heavy atom. The van der Waals surface area contributed by atoms with Crippen LogP contribution in [0.4, 0.5) is 5.69 Å². The van der Waals surface area contributed by atoms with Gasteiger partial charge < -0.3 is 10.1 Å². The van der Waals surface area contributed by atoms with Gasteiger partial charge in [-0.05, 0) is 50.6 Å². The molecule has 1 N–H and O–H groups in total. The van der Waals surface area contributed by atoms with Crippen LogP contribution in [0.3, 0.4) is 0 Å². The Kier molecular flexibility index (Phi) is 6.96. The molecule has 6 nitrogen and oxygen atoms in total. The summed E-state index contributed by atoms with van der Waals surface area (Å²) in [5.74, 6) is -1.00. The molecule has 0 fully saturated rings. The van der Waals surface area contributed by atoms with Crippen molar-refractivity contribution in [3.63, 3.8) is 0 Å². The van der Waals surface area contributed by atoms with Crippen molar-refractivity contribution in [1.29, 1.82) is 0 Å². The number of ether oxygens (including phenoxy) is 1. The summed E-state index contributed by atoms with van der Waals surface area (Å²) in [6.45, 7) is 5.46. The highest BCUT2D eigenvalue weighted by molar-refractivity contribution is 5.99. The first-order valence-corrected chi connectivity index (χ1v) is 12.4. The van der Waals surface area contributed by atoms with Gasteiger partial charge >= 0.3 is 5.97 Å². The van der Waals surface area contributed by atoms with Gasteiger partial charge in [-0.15, -0.1) is 0 Å². The van der Waals surface area contributed by atoms with Gasteiger partial charge in [0, 0.05) is 16.8 Å². The zero-order valence-electron chi connectivity index (χ0n) is 21.4. The summed E-state index contributed by atoms with van der Waals surface area (Å²) in [5, 5.41) is 2.83. The minimum absolute atomic E-state index is 0.296. The lowest BCUT2D eigenvalue weighted by Gasteiger charge is -2.15. The highest BCUT2D eigenvalue weighted by Gasteiger charge is 2.21. The maximum atomic E-state index is 13.0. The Balaban J connectivity index is 1.42. The molecular formula is C32H27N3O3. The van der Waals surface area contributed by atoms with Crippen molar-refractivity contribution in [1.82, 2.24) is 9.97 Å². The molecule has 6 heteroatoms. The van der Waals surface area contributed by atoms with Crippen LogP contribution in [0.1, 0.15) is 28.4 Å². The average Bonchev–Trinajstić information content (AvgIpc) is 2.94. The van der Waals surface area contributed by atoms with Crippen LogP contribution in [0.5, 0.6) is 0 Å². The Morgan fingerprint density at radius 1 is 0.737 bits per heavy atom. The number of carbonyl (C=O) groups is 2. The zero-order valence-corrected chi connectivity index (χ0v) is 21.4. The van der Waals surface area contributed by atoms with Crippen molar-refractivity contribution in [2.45, 2.75) is 26.9 Å². The van der Waals surface area contributed by atoms with Gasteiger partial charge in [-0.25, -0.2) is 14.8 Å². The third-order valence-corrected chi connectivity index (χ3v) is 6.29. The van der Waals surface area contributed by atoms with Crippen LogP contribution in [-0.4, -0.2) is 27.9 Å². The van der Waals surface area contributed by atoms with E-state index in [0.29, 0.717) is 22.3 Å². The molecule has 188 valence electrons. The van der Waals surface area contributed by atoms with E-state index in [-0.39, 0.29) is 0 Å². The lowest BCUT2D eigenvalue weighted by Crippen LogP contribution is -2.30. The van der Waals surface area contributed by atoms with Gasteiger partial charge in [-0.1, -0.05) is 78.4 Å². The van der Waals surface area contributed by atoms with Crippen molar-refractivity contribution >= 4 is 28.6 Å². The second kappa shape index (κ2) is 10.6. The number of aryl methyl sites for hydroxylation is 2. The van der Waals surface area contributed by atoms with E-state index in [1.54, 1.807) is 25.1 Å². The van der Waals surface area contributed by atoms with Crippen LogP contribution < -0.4 is 5.32 Å². The number of amides is 1. The van der Waals surface area contributed by atoms with E-state index in [2.05, 4.69) is 5.32 Å². The van der Waals surface area contributed by atoms with Crippen LogP contribution in [0.25, 0.3) is 33.5 Å². The van der Waals surface area contributed by atoms with Crippen LogP contribution in [0.2, 0.25) is 0 Å². The number of esters is 1. The Hall–Kier alpha value is -4.84. The SMILES string of the molecule is Cc1ccc(NC(=O)C(C)OC(=O)c2ccc3nc(-c4ccccc4)c(-c4ccccc4)nc3c2)c(C)c1. The van der Waals surface area contributed by atoms with Gasteiger partial charge in [0.1, 0.15) is 0 Å². The number of nitrogens with one attached hydrogen (secondary N) is 1. The monoisotopic (exact) mass is 501 g/mol. The molecule has 1 heterocycles. The van der Waals surface area contributed by atoms with E-state index in [0.717, 1.165) is 33.6 Å². The van der Waals surface area contributed by atoms with Crippen LogP contribution >= 0.6 is 0 Å². The Bertz CT molecular complexity index is 1630. The summed E-state index contributed by atoms with van der Waals surface area (Å²) in [6.07, 6.45) is -0.981. The number of anilines is 1. The largest absolute Gasteiger partial charge is 0.449 e. The van der Waals surface area contributed by atoms with E-state index in [4.69, 9.17) is 14.7 Å². The first-order chi connectivity index (χ1) is 18.4. The smallest absolute Gasteiger partial charge is 0.338 e. The first kappa shape index (κ1) is 24.8. The van der Waals surface area contributed by atoms with Gasteiger partial charge in [0.05, 0.1) is 28.0 Å².